The van der Waals surface area contributed by atoms with Crippen LogP contribution in [0.4, 0.5) is 0 Å². The number of piperidine rings is 1. The van der Waals surface area contributed by atoms with E-state index in [4.69, 9.17) is 0 Å². The van der Waals surface area contributed by atoms with Crippen LogP contribution in [0.3, 0.4) is 0 Å². The van der Waals surface area contributed by atoms with Gasteiger partial charge in [-0.25, -0.2) is 0 Å². The summed E-state index contributed by atoms with van der Waals surface area (Å²) in [5.74, 6) is 0. The van der Waals surface area contributed by atoms with E-state index in [0.29, 0.717) is 0 Å². The molecule has 1 aliphatic heterocycles. The van der Waals surface area contributed by atoms with Gasteiger partial charge >= 0.3 is 0 Å². The minimum Gasteiger partial charge on any atom is -0.392 e. The Hall–Kier alpha value is -0.0800. The Labute approximate surface area is 80.9 Å². The molecule has 13 heavy (non-hydrogen) atoms. The van der Waals surface area contributed by atoms with Crippen LogP contribution < -0.4 is 0 Å². The lowest BCUT2D eigenvalue weighted by Crippen LogP contribution is -2.45. The zero-order valence-electron chi connectivity index (χ0n) is 8.41. The number of nitrogens with zero attached hydrogens (tertiary/aromatic N) is 1. The van der Waals surface area contributed by atoms with E-state index in [0.717, 1.165) is 19.0 Å². The van der Waals surface area contributed by atoms with Crippen molar-refractivity contribution in [3.05, 3.63) is 0 Å². The minimum absolute atomic E-state index is 0.0457. The third kappa shape index (κ3) is 2.44. The summed E-state index contributed by atoms with van der Waals surface area (Å²) >= 11 is 0. The molecule has 1 N–H and O–H groups in total. The normalized spacial score (nSPS) is 33.5. The first-order chi connectivity index (χ1) is 6.36. The summed E-state index contributed by atoms with van der Waals surface area (Å²) in [6, 6.07) is 0.795. The van der Waals surface area contributed by atoms with Crippen molar-refractivity contribution in [2.45, 2.75) is 57.1 Å². The topological polar surface area (TPSA) is 23.5 Å². The summed E-state index contributed by atoms with van der Waals surface area (Å²) < 4.78 is 0. The monoisotopic (exact) mass is 183 g/mol. The van der Waals surface area contributed by atoms with Crippen molar-refractivity contribution in [2.75, 3.05) is 13.1 Å². The molecule has 0 aromatic rings. The molecule has 0 aromatic heterocycles. The molecule has 1 saturated carbocycles. The Kier molecular flexibility index (Phi) is 3.23. The SMILES string of the molecule is O[C@H]1CCCN(C2CCCCC2)C1. The van der Waals surface area contributed by atoms with Crippen molar-refractivity contribution in [3.63, 3.8) is 0 Å². The van der Waals surface area contributed by atoms with E-state index in [2.05, 4.69) is 4.90 Å². The molecule has 2 fully saturated rings. The van der Waals surface area contributed by atoms with Gasteiger partial charge in [-0.3, -0.25) is 4.90 Å². The predicted molar refractivity (Wildman–Crippen MR) is 53.7 cm³/mol. The smallest absolute Gasteiger partial charge is 0.0667 e. The molecule has 0 aromatic carbocycles. The lowest BCUT2D eigenvalue weighted by molar-refractivity contribution is 0.0361. The number of hydrogen-bond acceptors (Lipinski definition) is 2. The molecule has 2 rings (SSSR count). The van der Waals surface area contributed by atoms with Crippen LogP contribution >= 0.6 is 0 Å². The zero-order valence-corrected chi connectivity index (χ0v) is 8.41. The number of rotatable bonds is 1. The van der Waals surface area contributed by atoms with Gasteiger partial charge in [0.1, 0.15) is 0 Å². The fraction of sp³-hybridized carbons (Fsp3) is 1.00. The molecule has 0 amide bonds. The summed E-state index contributed by atoms with van der Waals surface area (Å²) in [5, 5.41) is 9.57. The van der Waals surface area contributed by atoms with Gasteiger partial charge in [-0.2, -0.15) is 0 Å². The number of likely N-dealkylation sites (tertiary alicyclic amines) is 1. The summed E-state index contributed by atoms with van der Waals surface area (Å²) in [6.07, 6.45) is 9.12. The predicted octanol–water partition coefficient (Wildman–Crippen LogP) is 1.78. The maximum absolute atomic E-state index is 9.57. The van der Waals surface area contributed by atoms with Crippen LogP contribution in [-0.4, -0.2) is 35.2 Å². The van der Waals surface area contributed by atoms with Gasteiger partial charge in [0.25, 0.3) is 0 Å². The van der Waals surface area contributed by atoms with Crippen molar-refractivity contribution in [1.82, 2.24) is 4.90 Å². The standard InChI is InChI=1S/C11H21NO/c13-11-7-4-8-12(9-11)10-5-2-1-3-6-10/h10-11,13H,1-9H2/t11-/m0/s1. The van der Waals surface area contributed by atoms with Gasteiger partial charge in [0, 0.05) is 12.6 Å². The van der Waals surface area contributed by atoms with Gasteiger partial charge in [0.15, 0.2) is 0 Å². The molecular weight excluding hydrogens is 162 g/mol. The maximum atomic E-state index is 9.57. The summed E-state index contributed by atoms with van der Waals surface area (Å²) in [7, 11) is 0. The van der Waals surface area contributed by atoms with Crippen molar-refractivity contribution in [3.8, 4) is 0 Å². The van der Waals surface area contributed by atoms with Crippen molar-refractivity contribution >= 4 is 0 Å². The Balaban J connectivity index is 1.83. The van der Waals surface area contributed by atoms with E-state index < -0.39 is 0 Å². The number of aliphatic hydroxyl groups is 1. The van der Waals surface area contributed by atoms with Gasteiger partial charge in [0.05, 0.1) is 6.10 Å². The second-order valence-electron chi connectivity index (χ2n) is 4.58. The van der Waals surface area contributed by atoms with Crippen LogP contribution in [0.25, 0.3) is 0 Å². The maximum Gasteiger partial charge on any atom is 0.0667 e. The number of aliphatic hydroxyl groups excluding tert-OH is 1. The van der Waals surface area contributed by atoms with E-state index in [9.17, 15) is 5.11 Å². The van der Waals surface area contributed by atoms with Gasteiger partial charge < -0.3 is 5.11 Å². The number of β-amino-alcohol motifs (C(OH)–C–C–N with tert-alkyl or cyclic N) is 1. The number of hydrogen-bond donors (Lipinski definition) is 1. The summed E-state index contributed by atoms with van der Waals surface area (Å²) in [5.41, 5.74) is 0. The molecule has 76 valence electrons. The summed E-state index contributed by atoms with van der Waals surface area (Å²) in [4.78, 5) is 2.52. The molecule has 0 unspecified atom stereocenters. The molecule has 1 atom stereocenters. The molecule has 0 bridgehead atoms. The van der Waals surface area contributed by atoms with Crippen LogP contribution in [0.5, 0.6) is 0 Å². The first kappa shape index (κ1) is 9.47. The Bertz CT molecular complexity index is 154. The van der Waals surface area contributed by atoms with Crippen LogP contribution in [0.15, 0.2) is 0 Å². The van der Waals surface area contributed by atoms with Crippen LogP contribution in [-0.2, 0) is 0 Å². The fourth-order valence-corrected chi connectivity index (χ4v) is 2.76. The van der Waals surface area contributed by atoms with Crippen LogP contribution in [0, 0.1) is 0 Å². The van der Waals surface area contributed by atoms with Crippen molar-refractivity contribution < 1.29 is 5.11 Å². The zero-order chi connectivity index (χ0) is 9.10. The molecule has 1 heterocycles. The Morgan fingerprint density at radius 3 is 2.38 bits per heavy atom. The van der Waals surface area contributed by atoms with E-state index in [1.807, 2.05) is 0 Å². The first-order valence-electron chi connectivity index (χ1n) is 5.78. The summed E-state index contributed by atoms with van der Waals surface area (Å²) in [6.45, 7) is 2.16. The van der Waals surface area contributed by atoms with Crippen LogP contribution in [0.1, 0.15) is 44.9 Å². The first-order valence-corrected chi connectivity index (χ1v) is 5.78. The highest BCUT2D eigenvalue weighted by Crippen LogP contribution is 2.25. The average molecular weight is 183 g/mol. The highest BCUT2D eigenvalue weighted by Gasteiger charge is 2.25. The molecule has 2 nitrogen and oxygen atoms in total. The molecule has 1 aliphatic carbocycles. The van der Waals surface area contributed by atoms with Crippen molar-refractivity contribution in [1.29, 1.82) is 0 Å². The Morgan fingerprint density at radius 1 is 0.923 bits per heavy atom. The van der Waals surface area contributed by atoms with E-state index in [-0.39, 0.29) is 6.10 Å². The lowest BCUT2D eigenvalue weighted by Gasteiger charge is -2.38. The highest BCUT2D eigenvalue weighted by molar-refractivity contribution is 4.80. The van der Waals surface area contributed by atoms with Gasteiger partial charge in [-0.15, -0.1) is 0 Å². The highest BCUT2D eigenvalue weighted by atomic mass is 16.3. The van der Waals surface area contributed by atoms with Gasteiger partial charge in [-0.1, -0.05) is 19.3 Å². The third-order valence-corrected chi connectivity index (χ3v) is 3.52. The van der Waals surface area contributed by atoms with E-state index >= 15 is 0 Å². The van der Waals surface area contributed by atoms with Gasteiger partial charge in [0.2, 0.25) is 0 Å². The van der Waals surface area contributed by atoms with Crippen LogP contribution in [0.2, 0.25) is 0 Å². The van der Waals surface area contributed by atoms with E-state index in [1.54, 1.807) is 0 Å². The third-order valence-electron chi connectivity index (χ3n) is 3.52. The Morgan fingerprint density at radius 2 is 1.69 bits per heavy atom. The van der Waals surface area contributed by atoms with Crippen molar-refractivity contribution in [2.24, 2.45) is 0 Å². The molecule has 2 aliphatic rings. The molecular formula is C11H21NO. The fourth-order valence-electron chi connectivity index (χ4n) is 2.76. The molecule has 0 spiro atoms. The van der Waals surface area contributed by atoms with Gasteiger partial charge in [-0.05, 0) is 32.2 Å². The lowest BCUT2D eigenvalue weighted by atomic mass is 9.92. The largest absolute Gasteiger partial charge is 0.392 e. The second kappa shape index (κ2) is 4.43. The minimum atomic E-state index is -0.0457. The average Bonchev–Trinajstić information content (AvgIpc) is 2.19. The second-order valence-corrected chi connectivity index (χ2v) is 4.58. The molecule has 2 heteroatoms. The van der Waals surface area contributed by atoms with E-state index in [1.165, 1.54) is 45.1 Å². The molecule has 0 radical (unpaired) electrons. The molecule has 1 saturated heterocycles. The quantitative estimate of drug-likeness (QED) is 0.670.